The molecule has 1 aromatic heterocycles. The molecule has 1 fully saturated rings. The van der Waals surface area contributed by atoms with Gasteiger partial charge in [-0.2, -0.15) is 0 Å². The Labute approximate surface area is 235 Å². The number of methoxy groups -OCH3 is 2. The van der Waals surface area contributed by atoms with E-state index < -0.39 is 47.6 Å². The summed E-state index contributed by atoms with van der Waals surface area (Å²) in [7, 11) is 3.16. The zero-order valence-corrected chi connectivity index (χ0v) is 22.8. The molecule has 0 aliphatic carbocycles. The molecule has 41 heavy (non-hydrogen) atoms. The van der Waals surface area contributed by atoms with Gasteiger partial charge in [0.2, 0.25) is 0 Å². The van der Waals surface area contributed by atoms with Crippen LogP contribution in [0.2, 0.25) is 0 Å². The van der Waals surface area contributed by atoms with Crippen LogP contribution < -0.4 is 20.7 Å². The number of hydrogen-bond acceptors (Lipinski definition) is 7. The predicted octanol–water partition coefficient (Wildman–Crippen LogP) is 3.55. The number of H-pyrrole nitrogens is 1. The second-order valence-corrected chi connectivity index (χ2v) is 9.77. The third-order valence-electron chi connectivity index (χ3n) is 7.36. The van der Waals surface area contributed by atoms with Crippen LogP contribution >= 0.6 is 0 Å². The summed E-state index contributed by atoms with van der Waals surface area (Å²) >= 11 is 0. The highest BCUT2D eigenvalue weighted by Crippen LogP contribution is 2.44. The molecule has 1 aliphatic heterocycles. The Morgan fingerprint density at radius 1 is 0.878 bits per heavy atom. The Bertz CT molecular complexity index is 1520. The van der Waals surface area contributed by atoms with Crippen LogP contribution in [0.25, 0.3) is 0 Å². The lowest BCUT2D eigenvalue weighted by Crippen LogP contribution is -2.44. The first-order chi connectivity index (χ1) is 19.8. The molecule has 1 saturated heterocycles. The number of nitrogens with one attached hydrogen (secondary N) is 1. The van der Waals surface area contributed by atoms with E-state index >= 15 is 4.39 Å². The summed E-state index contributed by atoms with van der Waals surface area (Å²) in [6, 6.07) is 25.4. The van der Waals surface area contributed by atoms with Crippen molar-refractivity contribution in [2.24, 2.45) is 0 Å². The van der Waals surface area contributed by atoms with Crippen molar-refractivity contribution in [3.63, 3.8) is 0 Å². The number of aromatic amines is 1. The van der Waals surface area contributed by atoms with Gasteiger partial charge in [-0.05, 0) is 47.9 Å². The van der Waals surface area contributed by atoms with E-state index in [0.717, 1.165) is 33.5 Å². The fourth-order valence-corrected chi connectivity index (χ4v) is 5.28. The number of rotatable bonds is 9. The molecule has 0 saturated carbocycles. The minimum Gasteiger partial charge on any atom is -0.497 e. The third-order valence-corrected chi connectivity index (χ3v) is 7.36. The minimum atomic E-state index is -1.96. The lowest BCUT2D eigenvalue weighted by molar-refractivity contribution is -0.137. The summed E-state index contributed by atoms with van der Waals surface area (Å²) in [4.78, 5) is 26.0. The summed E-state index contributed by atoms with van der Waals surface area (Å²) in [5.74, 6) is 1.31. The number of aliphatic hydroxyl groups is 1. The van der Waals surface area contributed by atoms with E-state index in [0.29, 0.717) is 11.5 Å². The van der Waals surface area contributed by atoms with E-state index in [-0.39, 0.29) is 0 Å². The number of benzene rings is 3. The topological polar surface area (TPSA) is 112 Å². The molecule has 5 rings (SSSR count). The van der Waals surface area contributed by atoms with Gasteiger partial charge < -0.3 is 24.1 Å². The van der Waals surface area contributed by atoms with Crippen LogP contribution in [0.3, 0.4) is 0 Å². The van der Waals surface area contributed by atoms with Crippen LogP contribution in [0.15, 0.2) is 101 Å². The quantitative estimate of drug-likeness (QED) is 0.300. The smallest absolute Gasteiger partial charge is 0.330 e. The maximum Gasteiger partial charge on any atom is 0.330 e. The lowest BCUT2D eigenvalue weighted by Gasteiger charge is -2.40. The maximum absolute atomic E-state index is 15.4. The molecular weight excluding hydrogens is 531 g/mol. The number of nitrogens with zero attached hydrogens (tertiary/aromatic N) is 1. The van der Waals surface area contributed by atoms with Crippen molar-refractivity contribution in [3.05, 3.63) is 129 Å². The first-order valence-electron chi connectivity index (χ1n) is 13.1. The highest BCUT2D eigenvalue weighted by Gasteiger charge is 2.50. The fourth-order valence-electron chi connectivity index (χ4n) is 5.28. The molecule has 2 N–H and O–H groups in total. The molecule has 1 aliphatic rings. The van der Waals surface area contributed by atoms with E-state index in [9.17, 15) is 14.7 Å². The Morgan fingerprint density at radius 2 is 1.41 bits per heavy atom. The Kier molecular flexibility index (Phi) is 8.07. The number of hydrogen-bond donors (Lipinski definition) is 2. The Balaban J connectivity index is 1.60. The Hall–Kier alpha value is -4.25. The van der Waals surface area contributed by atoms with Gasteiger partial charge in [-0.15, -0.1) is 0 Å². The SMILES string of the molecule is COc1ccc(C(O[C@H](C)C2O[C@@H](n3ccc(=O)[nH]c3=O)[C@H](F)[C@@H]2O)(c2ccccc2)c2ccc(OC)cc2)cc1. The van der Waals surface area contributed by atoms with Crippen molar-refractivity contribution in [2.75, 3.05) is 14.2 Å². The van der Waals surface area contributed by atoms with Gasteiger partial charge in [-0.3, -0.25) is 14.3 Å². The molecule has 0 amide bonds. The van der Waals surface area contributed by atoms with Crippen LogP contribution in [0.4, 0.5) is 4.39 Å². The average Bonchev–Trinajstić information content (AvgIpc) is 3.30. The molecule has 9 nitrogen and oxygen atoms in total. The van der Waals surface area contributed by atoms with E-state index in [2.05, 4.69) is 4.98 Å². The van der Waals surface area contributed by atoms with Crippen molar-refractivity contribution in [3.8, 4) is 11.5 Å². The zero-order valence-electron chi connectivity index (χ0n) is 22.8. The summed E-state index contributed by atoms with van der Waals surface area (Å²) in [5.41, 5.74) is -0.430. The molecule has 2 heterocycles. The largest absolute Gasteiger partial charge is 0.497 e. The van der Waals surface area contributed by atoms with Gasteiger partial charge in [0, 0.05) is 12.3 Å². The van der Waals surface area contributed by atoms with Gasteiger partial charge >= 0.3 is 5.69 Å². The molecular formula is C31H31FN2O7. The molecule has 214 valence electrons. The second-order valence-electron chi connectivity index (χ2n) is 9.77. The predicted molar refractivity (Wildman–Crippen MR) is 149 cm³/mol. The van der Waals surface area contributed by atoms with Crippen LogP contribution in [-0.2, 0) is 15.1 Å². The number of halogens is 1. The minimum absolute atomic E-state index is 0.625. The summed E-state index contributed by atoms with van der Waals surface area (Å²) < 4.78 is 39.9. The molecule has 5 atom stereocenters. The zero-order chi connectivity index (χ0) is 29.1. The Morgan fingerprint density at radius 3 is 1.93 bits per heavy atom. The highest BCUT2D eigenvalue weighted by molar-refractivity contribution is 5.49. The van der Waals surface area contributed by atoms with Crippen molar-refractivity contribution in [1.29, 1.82) is 0 Å². The van der Waals surface area contributed by atoms with Crippen molar-refractivity contribution in [1.82, 2.24) is 9.55 Å². The summed E-state index contributed by atoms with van der Waals surface area (Å²) in [6.07, 6.45) is -5.94. The summed E-state index contributed by atoms with van der Waals surface area (Å²) in [5, 5.41) is 10.9. The van der Waals surface area contributed by atoms with Crippen LogP contribution in [-0.4, -0.2) is 53.4 Å². The van der Waals surface area contributed by atoms with E-state index in [4.69, 9.17) is 18.9 Å². The lowest BCUT2D eigenvalue weighted by atomic mass is 9.79. The van der Waals surface area contributed by atoms with Crippen LogP contribution in [0, 0.1) is 0 Å². The van der Waals surface area contributed by atoms with Crippen LogP contribution in [0.1, 0.15) is 29.8 Å². The summed E-state index contributed by atoms with van der Waals surface area (Å²) in [6.45, 7) is 1.68. The monoisotopic (exact) mass is 562 g/mol. The molecule has 3 aromatic carbocycles. The van der Waals surface area contributed by atoms with E-state index in [1.54, 1.807) is 21.1 Å². The molecule has 4 aromatic rings. The van der Waals surface area contributed by atoms with Gasteiger partial charge in [0.15, 0.2) is 12.4 Å². The van der Waals surface area contributed by atoms with Gasteiger partial charge in [0.05, 0.1) is 20.3 Å². The van der Waals surface area contributed by atoms with Gasteiger partial charge in [-0.1, -0.05) is 54.6 Å². The van der Waals surface area contributed by atoms with Crippen LogP contribution in [0.5, 0.6) is 11.5 Å². The number of aliphatic hydroxyl groups excluding tert-OH is 1. The molecule has 0 bridgehead atoms. The fraction of sp³-hybridized carbons (Fsp3) is 0.290. The average molecular weight is 563 g/mol. The number of alkyl halides is 1. The van der Waals surface area contributed by atoms with E-state index in [1.165, 1.54) is 0 Å². The van der Waals surface area contributed by atoms with Crippen molar-refractivity contribution >= 4 is 0 Å². The molecule has 10 heteroatoms. The highest BCUT2D eigenvalue weighted by atomic mass is 19.1. The normalized spacial score (nSPS) is 21.4. The first-order valence-corrected chi connectivity index (χ1v) is 13.1. The van der Waals surface area contributed by atoms with Gasteiger partial charge in [0.25, 0.3) is 5.56 Å². The molecule has 0 radical (unpaired) electrons. The maximum atomic E-state index is 15.4. The van der Waals surface area contributed by atoms with Gasteiger partial charge in [-0.25, -0.2) is 9.18 Å². The first kappa shape index (κ1) is 28.3. The molecule has 0 spiro atoms. The van der Waals surface area contributed by atoms with Crippen molar-refractivity contribution < 1.29 is 28.4 Å². The number of ether oxygens (including phenoxy) is 4. The van der Waals surface area contributed by atoms with Gasteiger partial charge in [0.1, 0.15) is 29.3 Å². The number of aromatic nitrogens is 2. The van der Waals surface area contributed by atoms with Crippen molar-refractivity contribution in [2.45, 2.75) is 43.2 Å². The molecule has 1 unspecified atom stereocenters. The van der Waals surface area contributed by atoms with E-state index in [1.807, 2.05) is 78.9 Å². The second kappa shape index (κ2) is 11.7. The standard InChI is InChI=1S/C31H31FN2O7/c1-19(28-27(36)26(32)29(40-28)34-18-17-25(35)33-30(34)37)41-31(20-7-5-4-6-8-20,21-9-13-23(38-2)14-10-21)22-11-15-24(39-3)16-12-22/h4-19,26-29,36H,1-3H3,(H,33,35,37)/t19-,26-,27+,28?,29-/m1/s1. The third kappa shape index (κ3) is 5.29.